The Bertz CT molecular complexity index is 411. The number of hydrogen-bond donors (Lipinski definition) is 1. The molecule has 1 unspecified atom stereocenters. The largest absolute Gasteiger partial charge is 0.329 e. The third-order valence-corrected chi connectivity index (χ3v) is 4.36. The lowest BCUT2D eigenvalue weighted by Crippen LogP contribution is -2.47. The van der Waals surface area contributed by atoms with Crippen LogP contribution in [0.25, 0.3) is 0 Å². The zero-order chi connectivity index (χ0) is 14.8. The van der Waals surface area contributed by atoms with E-state index in [0.29, 0.717) is 12.6 Å². The van der Waals surface area contributed by atoms with Crippen molar-refractivity contribution in [3.63, 3.8) is 0 Å². The van der Waals surface area contributed by atoms with Gasteiger partial charge in [-0.1, -0.05) is 45.0 Å². The first-order valence-electron chi connectivity index (χ1n) is 7.65. The molecule has 1 atom stereocenters. The summed E-state index contributed by atoms with van der Waals surface area (Å²) >= 11 is 0. The van der Waals surface area contributed by atoms with E-state index in [9.17, 15) is 0 Å². The van der Waals surface area contributed by atoms with Gasteiger partial charge in [-0.25, -0.2) is 0 Å². The summed E-state index contributed by atoms with van der Waals surface area (Å²) in [7, 11) is 2.19. The number of hydrogen-bond acceptors (Lipinski definition) is 3. The molecule has 1 fully saturated rings. The first-order chi connectivity index (χ1) is 9.41. The standard InChI is InChI=1S/C17H29N3/c1-17(2,3)15-7-5-14(6-8-15)16(13-18)20-11-9-19(4)10-12-20/h5-8,16H,9-13,18H2,1-4H3. The fourth-order valence-corrected chi connectivity index (χ4v) is 2.83. The lowest BCUT2D eigenvalue weighted by molar-refractivity contribution is 0.114. The predicted molar refractivity (Wildman–Crippen MR) is 86.0 cm³/mol. The molecular weight excluding hydrogens is 246 g/mol. The van der Waals surface area contributed by atoms with Crippen molar-refractivity contribution in [2.45, 2.75) is 32.2 Å². The minimum Gasteiger partial charge on any atom is -0.329 e. The van der Waals surface area contributed by atoms with Gasteiger partial charge >= 0.3 is 0 Å². The molecule has 112 valence electrons. The number of nitrogens with two attached hydrogens (primary N) is 1. The lowest BCUT2D eigenvalue weighted by atomic mass is 9.86. The van der Waals surface area contributed by atoms with Gasteiger partial charge in [-0.15, -0.1) is 0 Å². The molecule has 0 radical (unpaired) electrons. The summed E-state index contributed by atoms with van der Waals surface area (Å²) in [6.07, 6.45) is 0. The van der Waals surface area contributed by atoms with Crippen molar-refractivity contribution >= 4 is 0 Å². The first-order valence-corrected chi connectivity index (χ1v) is 7.65. The third-order valence-electron chi connectivity index (χ3n) is 4.36. The molecule has 20 heavy (non-hydrogen) atoms. The van der Waals surface area contributed by atoms with Crippen LogP contribution in [0.2, 0.25) is 0 Å². The van der Waals surface area contributed by atoms with Crippen molar-refractivity contribution in [1.82, 2.24) is 9.80 Å². The number of benzene rings is 1. The van der Waals surface area contributed by atoms with Gasteiger partial charge in [0.15, 0.2) is 0 Å². The zero-order valence-electron chi connectivity index (χ0n) is 13.4. The molecule has 1 aliphatic rings. The van der Waals surface area contributed by atoms with Crippen molar-refractivity contribution in [2.75, 3.05) is 39.8 Å². The molecule has 1 aromatic rings. The average Bonchev–Trinajstić information content (AvgIpc) is 2.41. The molecule has 3 nitrogen and oxygen atoms in total. The zero-order valence-corrected chi connectivity index (χ0v) is 13.4. The monoisotopic (exact) mass is 275 g/mol. The summed E-state index contributed by atoms with van der Waals surface area (Å²) in [6.45, 7) is 11.9. The fourth-order valence-electron chi connectivity index (χ4n) is 2.83. The summed E-state index contributed by atoms with van der Waals surface area (Å²) in [5.41, 5.74) is 8.99. The Kier molecular flexibility index (Phi) is 4.84. The molecule has 0 saturated carbocycles. The Balaban J connectivity index is 2.11. The SMILES string of the molecule is CN1CCN(C(CN)c2ccc(C(C)(C)C)cc2)CC1. The molecule has 2 N–H and O–H groups in total. The van der Waals surface area contributed by atoms with E-state index < -0.39 is 0 Å². The normalized spacial score (nSPS) is 20.1. The van der Waals surface area contributed by atoms with E-state index in [1.807, 2.05) is 0 Å². The van der Waals surface area contributed by atoms with Crippen LogP contribution in [0.15, 0.2) is 24.3 Å². The van der Waals surface area contributed by atoms with Gasteiger partial charge in [0.2, 0.25) is 0 Å². The molecule has 0 spiro atoms. The van der Waals surface area contributed by atoms with Crippen LogP contribution in [0.3, 0.4) is 0 Å². The van der Waals surface area contributed by atoms with Gasteiger partial charge in [0.1, 0.15) is 0 Å². The van der Waals surface area contributed by atoms with Crippen molar-refractivity contribution in [1.29, 1.82) is 0 Å². The molecule has 1 aliphatic heterocycles. The minimum atomic E-state index is 0.213. The number of rotatable bonds is 3. The second kappa shape index (κ2) is 6.25. The Labute approximate surface area is 123 Å². The summed E-state index contributed by atoms with van der Waals surface area (Å²) in [5, 5.41) is 0. The maximum atomic E-state index is 6.04. The van der Waals surface area contributed by atoms with Crippen LogP contribution in [0.4, 0.5) is 0 Å². The highest BCUT2D eigenvalue weighted by atomic mass is 15.3. The van der Waals surface area contributed by atoms with Gasteiger partial charge < -0.3 is 10.6 Å². The first kappa shape index (κ1) is 15.5. The molecule has 1 heterocycles. The van der Waals surface area contributed by atoms with Crippen LogP contribution in [0, 0.1) is 0 Å². The lowest BCUT2D eigenvalue weighted by Gasteiger charge is -2.37. The van der Waals surface area contributed by atoms with Crippen molar-refractivity contribution in [3.8, 4) is 0 Å². The maximum Gasteiger partial charge on any atom is 0.0471 e. The van der Waals surface area contributed by atoms with Gasteiger partial charge in [-0.2, -0.15) is 0 Å². The van der Waals surface area contributed by atoms with E-state index in [4.69, 9.17) is 5.73 Å². The molecule has 1 aromatic carbocycles. The minimum absolute atomic E-state index is 0.213. The van der Waals surface area contributed by atoms with Crippen molar-refractivity contribution < 1.29 is 0 Å². The van der Waals surface area contributed by atoms with Crippen LogP contribution < -0.4 is 5.73 Å². The second-order valence-electron chi connectivity index (χ2n) is 6.96. The average molecular weight is 275 g/mol. The van der Waals surface area contributed by atoms with E-state index in [2.05, 4.69) is 61.9 Å². The topological polar surface area (TPSA) is 32.5 Å². The Morgan fingerprint density at radius 1 is 1.05 bits per heavy atom. The van der Waals surface area contributed by atoms with E-state index in [-0.39, 0.29) is 5.41 Å². The van der Waals surface area contributed by atoms with E-state index in [1.54, 1.807) is 0 Å². The quantitative estimate of drug-likeness (QED) is 0.918. The van der Waals surface area contributed by atoms with Crippen LogP contribution in [-0.2, 0) is 5.41 Å². The highest BCUT2D eigenvalue weighted by molar-refractivity contribution is 5.29. The third kappa shape index (κ3) is 3.60. The van der Waals surface area contributed by atoms with Crippen LogP contribution in [-0.4, -0.2) is 49.6 Å². The summed E-state index contributed by atoms with van der Waals surface area (Å²) in [6, 6.07) is 9.40. The molecule has 0 amide bonds. The summed E-state index contributed by atoms with van der Waals surface area (Å²) in [4.78, 5) is 4.90. The highest BCUT2D eigenvalue weighted by Crippen LogP contribution is 2.26. The van der Waals surface area contributed by atoms with Crippen molar-refractivity contribution in [2.24, 2.45) is 5.73 Å². The van der Waals surface area contributed by atoms with Crippen LogP contribution in [0.5, 0.6) is 0 Å². The van der Waals surface area contributed by atoms with Gasteiger partial charge in [-0.3, -0.25) is 4.90 Å². The number of nitrogens with zero attached hydrogens (tertiary/aromatic N) is 2. The van der Waals surface area contributed by atoms with E-state index >= 15 is 0 Å². The highest BCUT2D eigenvalue weighted by Gasteiger charge is 2.23. The van der Waals surface area contributed by atoms with Crippen molar-refractivity contribution in [3.05, 3.63) is 35.4 Å². The number of piperazine rings is 1. The van der Waals surface area contributed by atoms with Gasteiger partial charge in [0, 0.05) is 38.8 Å². The van der Waals surface area contributed by atoms with Gasteiger partial charge in [0.25, 0.3) is 0 Å². The maximum absolute atomic E-state index is 6.04. The van der Waals surface area contributed by atoms with E-state index in [0.717, 1.165) is 26.2 Å². The summed E-state index contributed by atoms with van der Waals surface area (Å²) < 4.78 is 0. The fraction of sp³-hybridized carbons (Fsp3) is 0.647. The Hall–Kier alpha value is -0.900. The van der Waals surface area contributed by atoms with Gasteiger partial charge in [-0.05, 0) is 23.6 Å². The van der Waals surface area contributed by atoms with E-state index in [1.165, 1.54) is 11.1 Å². The molecule has 0 aromatic heterocycles. The van der Waals surface area contributed by atoms with Crippen LogP contribution >= 0.6 is 0 Å². The molecular formula is C17H29N3. The molecule has 1 saturated heterocycles. The van der Waals surface area contributed by atoms with Gasteiger partial charge in [0.05, 0.1) is 0 Å². The Morgan fingerprint density at radius 3 is 2.05 bits per heavy atom. The number of likely N-dealkylation sites (N-methyl/N-ethyl adjacent to an activating group) is 1. The second-order valence-corrected chi connectivity index (χ2v) is 6.96. The smallest absolute Gasteiger partial charge is 0.0471 e. The molecule has 0 bridgehead atoms. The Morgan fingerprint density at radius 2 is 1.60 bits per heavy atom. The summed E-state index contributed by atoms with van der Waals surface area (Å²) in [5.74, 6) is 0. The molecule has 3 heteroatoms. The molecule has 2 rings (SSSR count). The molecule has 0 aliphatic carbocycles. The van der Waals surface area contributed by atoms with Crippen LogP contribution in [0.1, 0.15) is 37.9 Å². The predicted octanol–water partition coefficient (Wildman–Crippen LogP) is 2.23.